The molecule has 1 aromatic carbocycles. The van der Waals surface area contributed by atoms with E-state index in [0.29, 0.717) is 6.61 Å². The van der Waals surface area contributed by atoms with Gasteiger partial charge in [-0.25, -0.2) is 0 Å². The fourth-order valence-electron chi connectivity index (χ4n) is 1.19. The molecule has 0 saturated heterocycles. The van der Waals surface area contributed by atoms with Gasteiger partial charge in [0.1, 0.15) is 5.75 Å². The average Bonchev–Trinajstić information content (AvgIpc) is 2.27. The number of hydrogen-bond donors (Lipinski definition) is 2. The normalized spacial score (nSPS) is 10.6. The topological polar surface area (TPSA) is 86.0 Å². The van der Waals surface area contributed by atoms with E-state index < -0.39 is 0 Å². The molecule has 0 spiro atoms. The van der Waals surface area contributed by atoms with Crippen LogP contribution in [0.4, 0.5) is 0 Å². The first-order chi connectivity index (χ1) is 8.54. The molecule has 0 saturated carbocycles. The number of ether oxygens (including phenoxy) is 1. The molecule has 0 unspecified atom stereocenters. The smallest absolute Gasteiger partial charge is 0.211 e. The first-order valence-electron chi connectivity index (χ1n) is 5.28. The molecule has 0 heterocycles. The Morgan fingerprint density at radius 2 is 2.11 bits per heavy atom. The highest BCUT2D eigenvalue weighted by molar-refractivity contribution is 9.11. The highest BCUT2D eigenvalue weighted by Crippen LogP contribution is 2.32. The van der Waals surface area contributed by atoms with E-state index in [2.05, 4.69) is 42.1 Å². The third-order valence-electron chi connectivity index (χ3n) is 1.86. The number of nitrogens with two attached hydrogens (primary N) is 2. The summed E-state index contributed by atoms with van der Waals surface area (Å²) in [4.78, 5) is 0. The summed E-state index contributed by atoms with van der Waals surface area (Å²) in [6.07, 6.45) is 2.47. The third-order valence-corrected chi connectivity index (χ3v) is 2.90. The summed E-state index contributed by atoms with van der Waals surface area (Å²) in [5, 5.41) is 7.34. The van der Waals surface area contributed by atoms with E-state index in [0.717, 1.165) is 26.7 Å². The van der Waals surface area contributed by atoms with Crippen LogP contribution in [-0.2, 0) is 0 Å². The van der Waals surface area contributed by atoms with E-state index >= 15 is 0 Å². The second-order valence-corrected chi connectivity index (χ2v) is 5.19. The van der Waals surface area contributed by atoms with Gasteiger partial charge >= 0.3 is 0 Å². The van der Waals surface area contributed by atoms with Crippen molar-refractivity contribution in [3.05, 3.63) is 26.6 Å². The Morgan fingerprint density at radius 3 is 2.72 bits per heavy atom. The van der Waals surface area contributed by atoms with Gasteiger partial charge in [-0.3, -0.25) is 0 Å². The Labute approximate surface area is 123 Å². The van der Waals surface area contributed by atoms with Gasteiger partial charge in [-0.05, 0) is 34.5 Å². The highest BCUT2D eigenvalue weighted by atomic mass is 79.9. The van der Waals surface area contributed by atoms with Gasteiger partial charge in [-0.15, -0.1) is 5.10 Å². The van der Waals surface area contributed by atoms with Crippen LogP contribution in [0.15, 0.2) is 31.3 Å². The lowest BCUT2D eigenvalue weighted by atomic mass is 10.2. The van der Waals surface area contributed by atoms with Crippen molar-refractivity contribution in [1.29, 1.82) is 0 Å². The Balaban J connectivity index is 3.06. The summed E-state index contributed by atoms with van der Waals surface area (Å²) < 4.78 is 7.41. The van der Waals surface area contributed by atoms with Crippen molar-refractivity contribution in [2.24, 2.45) is 21.7 Å². The minimum atomic E-state index is -0.0867. The monoisotopic (exact) mass is 376 g/mol. The fraction of sp³-hybridized carbons (Fsp3) is 0.273. The third kappa shape index (κ3) is 4.66. The maximum atomic E-state index is 5.66. The van der Waals surface area contributed by atoms with Gasteiger partial charge in [0.25, 0.3) is 0 Å². The predicted molar refractivity (Wildman–Crippen MR) is 81.0 cm³/mol. The molecule has 0 aromatic heterocycles. The summed E-state index contributed by atoms with van der Waals surface area (Å²) in [6.45, 7) is 2.67. The van der Waals surface area contributed by atoms with E-state index in [1.54, 1.807) is 6.21 Å². The zero-order valence-corrected chi connectivity index (χ0v) is 13.0. The lowest BCUT2D eigenvalue weighted by molar-refractivity contribution is 0.315. The fourth-order valence-corrected chi connectivity index (χ4v) is 2.56. The Kier molecular flexibility index (Phi) is 6.14. The van der Waals surface area contributed by atoms with Crippen LogP contribution < -0.4 is 16.2 Å². The summed E-state index contributed by atoms with van der Waals surface area (Å²) in [6, 6.07) is 3.78. The summed E-state index contributed by atoms with van der Waals surface area (Å²) in [5.74, 6) is 0.630. The predicted octanol–water partition coefficient (Wildman–Crippen LogP) is 2.61. The van der Waals surface area contributed by atoms with Crippen LogP contribution in [0.3, 0.4) is 0 Å². The van der Waals surface area contributed by atoms with Crippen LogP contribution in [0.2, 0.25) is 0 Å². The molecule has 0 aliphatic rings. The molecular weight excluding hydrogens is 364 g/mol. The highest BCUT2D eigenvalue weighted by Gasteiger charge is 2.08. The molecule has 5 nitrogen and oxygen atoms in total. The quantitative estimate of drug-likeness (QED) is 0.469. The van der Waals surface area contributed by atoms with E-state index in [4.69, 9.17) is 16.2 Å². The molecule has 0 bridgehead atoms. The lowest BCUT2D eigenvalue weighted by Gasteiger charge is -2.10. The van der Waals surface area contributed by atoms with Gasteiger partial charge in [0.05, 0.1) is 17.3 Å². The van der Waals surface area contributed by atoms with Crippen LogP contribution in [0, 0.1) is 0 Å². The van der Waals surface area contributed by atoms with E-state index in [1.807, 2.05) is 19.1 Å². The van der Waals surface area contributed by atoms with Crippen LogP contribution >= 0.6 is 31.9 Å². The van der Waals surface area contributed by atoms with Gasteiger partial charge in [-0.1, -0.05) is 22.9 Å². The van der Waals surface area contributed by atoms with Gasteiger partial charge < -0.3 is 16.2 Å². The van der Waals surface area contributed by atoms with Crippen molar-refractivity contribution < 1.29 is 4.74 Å². The first kappa shape index (κ1) is 15.0. The SMILES string of the molecule is CCCOc1c(Br)cc(Br)cc1C=NN=C(N)N. The summed E-state index contributed by atoms with van der Waals surface area (Å²) >= 11 is 6.85. The van der Waals surface area contributed by atoms with Crippen LogP contribution in [0.1, 0.15) is 18.9 Å². The first-order valence-corrected chi connectivity index (χ1v) is 6.87. The molecule has 7 heteroatoms. The number of rotatable bonds is 5. The van der Waals surface area contributed by atoms with Crippen molar-refractivity contribution in [3.63, 3.8) is 0 Å². The molecule has 1 rings (SSSR count). The number of benzene rings is 1. The largest absolute Gasteiger partial charge is 0.492 e. The van der Waals surface area contributed by atoms with Crippen molar-refractivity contribution in [2.75, 3.05) is 6.61 Å². The number of nitrogens with zero attached hydrogens (tertiary/aromatic N) is 2. The summed E-state index contributed by atoms with van der Waals surface area (Å²) in [5.41, 5.74) is 11.2. The van der Waals surface area contributed by atoms with Gasteiger partial charge in [0.2, 0.25) is 5.96 Å². The molecule has 0 radical (unpaired) electrons. The minimum Gasteiger partial charge on any atom is -0.492 e. The van der Waals surface area contributed by atoms with Crippen molar-refractivity contribution >= 4 is 44.0 Å². The molecule has 0 aliphatic carbocycles. The zero-order valence-electron chi connectivity index (χ0n) is 9.86. The number of guanidine groups is 1. The second kappa shape index (κ2) is 7.38. The van der Waals surface area contributed by atoms with Crippen molar-refractivity contribution in [2.45, 2.75) is 13.3 Å². The van der Waals surface area contributed by atoms with Gasteiger partial charge in [0, 0.05) is 10.0 Å². The molecule has 0 aliphatic heterocycles. The minimum absolute atomic E-state index is 0.0867. The Morgan fingerprint density at radius 1 is 1.39 bits per heavy atom. The molecule has 18 heavy (non-hydrogen) atoms. The van der Waals surface area contributed by atoms with E-state index in [9.17, 15) is 0 Å². The molecule has 1 aromatic rings. The second-order valence-electron chi connectivity index (χ2n) is 3.42. The van der Waals surface area contributed by atoms with E-state index in [1.165, 1.54) is 0 Å². The number of halogens is 2. The van der Waals surface area contributed by atoms with Gasteiger partial charge in [-0.2, -0.15) is 5.10 Å². The molecule has 0 amide bonds. The maximum absolute atomic E-state index is 5.66. The maximum Gasteiger partial charge on any atom is 0.211 e. The molecule has 0 fully saturated rings. The molecule has 4 N–H and O–H groups in total. The zero-order chi connectivity index (χ0) is 13.5. The average molecular weight is 378 g/mol. The van der Waals surface area contributed by atoms with Crippen LogP contribution in [0.5, 0.6) is 5.75 Å². The standard InChI is InChI=1S/C11H14Br2N4O/c1-2-3-18-10-7(6-16-17-11(14)15)4-8(12)5-9(10)13/h4-6H,2-3H2,1H3,(H4,14,15,17). The number of hydrogen-bond acceptors (Lipinski definition) is 3. The molecule has 98 valence electrons. The van der Waals surface area contributed by atoms with Gasteiger partial charge in [0.15, 0.2) is 0 Å². The van der Waals surface area contributed by atoms with Crippen molar-refractivity contribution in [1.82, 2.24) is 0 Å². The van der Waals surface area contributed by atoms with Crippen molar-refractivity contribution in [3.8, 4) is 5.75 Å². The Hall–Kier alpha value is -1.08. The van der Waals surface area contributed by atoms with Crippen LogP contribution in [-0.4, -0.2) is 18.8 Å². The van der Waals surface area contributed by atoms with E-state index in [-0.39, 0.29) is 5.96 Å². The summed E-state index contributed by atoms with van der Waals surface area (Å²) in [7, 11) is 0. The van der Waals surface area contributed by atoms with Crippen LogP contribution in [0.25, 0.3) is 0 Å². The Bertz CT molecular complexity index is 470. The molecule has 0 atom stereocenters. The molecular formula is C11H14Br2N4O. The lowest BCUT2D eigenvalue weighted by Crippen LogP contribution is -2.21.